The quantitative estimate of drug-likeness (QED) is 0.379. The molecule has 0 unspecified atom stereocenters. The zero-order chi connectivity index (χ0) is 26.5. The molecule has 38 heavy (non-hydrogen) atoms. The first-order chi connectivity index (χ1) is 18.5. The summed E-state index contributed by atoms with van der Waals surface area (Å²) in [7, 11) is 0. The highest BCUT2D eigenvalue weighted by molar-refractivity contribution is 6.31. The number of urea groups is 1. The van der Waals surface area contributed by atoms with Crippen molar-refractivity contribution in [2.75, 3.05) is 36.4 Å². The lowest BCUT2D eigenvalue weighted by Gasteiger charge is -2.36. The van der Waals surface area contributed by atoms with Crippen molar-refractivity contribution in [3.05, 3.63) is 112 Å². The van der Waals surface area contributed by atoms with Crippen molar-refractivity contribution in [1.82, 2.24) is 14.7 Å². The van der Waals surface area contributed by atoms with Gasteiger partial charge in [0, 0.05) is 31.9 Å². The third-order valence-electron chi connectivity index (χ3n) is 6.22. The van der Waals surface area contributed by atoms with Crippen LogP contribution in [0.4, 0.5) is 20.6 Å². The largest absolute Gasteiger partial charge is 0.481 e. The van der Waals surface area contributed by atoms with Gasteiger partial charge in [-0.1, -0.05) is 60.1 Å². The number of aromatic nitrogens is 2. The van der Waals surface area contributed by atoms with Gasteiger partial charge in [-0.05, 0) is 35.9 Å². The molecule has 0 atom stereocenters. The summed E-state index contributed by atoms with van der Waals surface area (Å²) in [6.45, 7) is 1.97. The molecule has 0 bridgehead atoms. The number of piperazine rings is 1. The molecule has 1 fully saturated rings. The number of para-hydroxylation sites is 1. The first-order valence-corrected chi connectivity index (χ1v) is 12.5. The van der Waals surface area contributed by atoms with Crippen molar-refractivity contribution in [2.24, 2.45) is 0 Å². The first kappa shape index (κ1) is 25.3. The number of halogens is 2. The zero-order valence-corrected chi connectivity index (χ0v) is 21.1. The summed E-state index contributed by atoms with van der Waals surface area (Å²) in [6.07, 6.45) is 1.63. The summed E-state index contributed by atoms with van der Waals surface area (Å²) in [4.78, 5) is 29.9. The van der Waals surface area contributed by atoms with Crippen LogP contribution < -0.4 is 20.5 Å². The fourth-order valence-corrected chi connectivity index (χ4v) is 4.38. The molecule has 10 heteroatoms. The highest BCUT2D eigenvalue weighted by atomic mass is 35.5. The summed E-state index contributed by atoms with van der Waals surface area (Å²) in [6, 6.07) is 22.5. The van der Waals surface area contributed by atoms with E-state index in [1.54, 1.807) is 23.2 Å². The van der Waals surface area contributed by atoms with Gasteiger partial charge in [0.15, 0.2) is 0 Å². The maximum absolute atomic E-state index is 13.5. The van der Waals surface area contributed by atoms with Crippen LogP contribution >= 0.6 is 11.6 Å². The number of rotatable bonds is 6. The molecule has 2 amide bonds. The molecule has 0 spiro atoms. The topological polar surface area (TPSA) is 79.7 Å². The number of nitrogens with zero attached hydrogens (tertiary/aromatic N) is 4. The van der Waals surface area contributed by atoms with Gasteiger partial charge in [0.25, 0.3) is 0 Å². The van der Waals surface area contributed by atoms with Crippen LogP contribution in [0.5, 0.6) is 5.75 Å². The summed E-state index contributed by atoms with van der Waals surface area (Å²) >= 11 is 5.82. The van der Waals surface area contributed by atoms with Crippen LogP contribution in [0.2, 0.25) is 5.02 Å². The Labute approximate surface area is 223 Å². The van der Waals surface area contributed by atoms with Gasteiger partial charge in [0.2, 0.25) is 5.75 Å². The molecule has 1 aromatic heterocycles. The third kappa shape index (κ3) is 5.63. The number of ether oxygens (including phenoxy) is 1. The second-order valence-electron chi connectivity index (χ2n) is 8.72. The van der Waals surface area contributed by atoms with Crippen molar-refractivity contribution in [2.45, 2.75) is 6.61 Å². The lowest BCUT2D eigenvalue weighted by atomic mass is 10.2. The van der Waals surface area contributed by atoms with Gasteiger partial charge in [0.1, 0.15) is 18.1 Å². The van der Waals surface area contributed by atoms with E-state index < -0.39 is 5.82 Å². The van der Waals surface area contributed by atoms with Crippen LogP contribution in [0.15, 0.2) is 89.9 Å². The number of carbonyl (C=O) groups is 1. The molecule has 3 aromatic carbocycles. The van der Waals surface area contributed by atoms with Crippen LogP contribution in [0, 0.1) is 5.82 Å². The van der Waals surface area contributed by atoms with Crippen LogP contribution in [0.25, 0.3) is 5.69 Å². The highest BCUT2D eigenvalue weighted by Crippen LogP contribution is 2.27. The number of anilines is 2. The summed E-state index contributed by atoms with van der Waals surface area (Å²) in [5, 5.41) is 7.10. The molecule has 4 aromatic rings. The molecule has 0 saturated carbocycles. The lowest BCUT2D eigenvalue weighted by molar-refractivity contribution is 0.208. The number of benzene rings is 3. The van der Waals surface area contributed by atoms with Crippen molar-refractivity contribution in [3.8, 4) is 11.4 Å². The smallest absolute Gasteiger partial charge is 0.321 e. The molecule has 1 N–H and O–H groups in total. The van der Waals surface area contributed by atoms with E-state index in [9.17, 15) is 14.0 Å². The van der Waals surface area contributed by atoms with Crippen molar-refractivity contribution < 1.29 is 13.9 Å². The van der Waals surface area contributed by atoms with Crippen molar-refractivity contribution >= 4 is 29.0 Å². The van der Waals surface area contributed by atoms with E-state index in [4.69, 9.17) is 16.3 Å². The summed E-state index contributed by atoms with van der Waals surface area (Å²) in [5.74, 6) is -0.349. The number of amides is 2. The Morgan fingerprint density at radius 1 is 0.974 bits per heavy atom. The monoisotopic (exact) mass is 533 g/mol. The molecular weight excluding hydrogens is 509 g/mol. The van der Waals surface area contributed by atoms with E-state index in [-0.39, 0.29) is 29.0 Å². The molecule has 8 nitrogen and oxygen atoms in total. The Hall–Kier alpha value is -4.37. The van der Waals surface area contributed by atoms with E-state index in [2.05, 4.69) is 10.4 Å². The molecule has 1 aliphatic rings. The predicted molar refractivity (Wildman–Crippen MR) is 145 cm³/mol. The summed E-state index contributed by atoms with van der Waals surface area (Å²) < 4.78 is 20.8. The van der Waals surface area contributed by atoms with E-state index in [0.717, 1.165) is 5.56 Å². The lowest BCUT2D eigenvalue weighted by Crippen LogP contribution is -2.50. The van der Waals surface area contributed by atoms with Gasteiger partial charge >= 0.3 is 11.6 Å². The van der Waals surface area contributed by atoms with Crippen LogP contribution in [0.1, 0.15) is 5.56 Å². The second kappa shape index (κ2) is 11.4. The standard InChI is InChI=1S/C28H25ClFN5O3/c29-23-17-21(11-12-24(23)30)32-28(37)34-15-13-33(14-16-34)25-18-31-35(22-9-5-2-6-10-22)27(36)26(25)38-19-20-7-3-1-4-8-20/h1-12,17-18H,13-16,19H2,(H,32,37). The maximum Gasteiger partial charge on any atom is 0.321 e. The van der Waals surface area contributed by atoms with Crippen LogP contribution in [0.3, 0.4) is 0 Å². The molecule has 0 aliphatic carbocycles. The van der Waals surface area contributed by atoms with Gasteiger partial charge in [-0.3, -0.25) is 4.79 Å². The second-order valence-corrected chi connectivity index (χ2v) is 9.13. The number of hydrogen-bond acceptors (Lipinski definition) is 5. The average molecular weight is 534 g/mol. The molecule has 1 saturated heterocycles. The van der Waals surface area contributed by atoms with E-state index in [1.165, 1.54) is 22.9 Å². The molecule has 5 rings (SSSR count). The highest BCUT2D eigenvalue weighted by Gasteiger charge is 2.26. The number of carbonyl (C=O) groups excluding carboxylic acids is 1. The van der Waals surface area contributed by atoms with Crippen molar-refractivity contribution in [1.29, 1.82) is 0 Å². The van der Waals surface area contributed by atoms with Crippen LogP contribution in [-0.2, 0) is 6.61 Å². The molecular formula is C28H25ClFN5O3. The van der Waals surface area contributed by atoms with Gasteiger partial charge in [-0.2, -0.15) is 9.78 Å². The first-order valence-electron chi connectivity index (χ1n) is 12.1. The van der Waals surface area contributed by atoms with Gasteiger partial charge < -0.3 is 19.9 Å². The minimum atomic E-state index is -0.550. The van der Waals surface area contributed by atoms with Gasteiger partial charge in [-0.15, -0.1) is 0 Å². The van der Waals surface area contributed by atoms with E-state index in [0.29, 0.717) is 43.2 Å². The Morgan fingerprint density at radius 3 is 2.34 bits per heavy atom. The number of hydrogen-bond donors (Lipinski definition) is 1. The fourth-order valence-electron chi connectivity index (χ4n) is 4.20. The minimum absolute atomic E-state index is 0.0617. The van der Waals surface area contributed by atoms with Crippen molar-refractivity contribution in [3.63, 3.8) is 0 Å². The minimum Gasteiger partial charge on any atom is -0.481 e. The Kier molecular flexibility index (Phi) is 7.55. The van der Waals surface area contributed by atoms with Crippen LogP contribution in [-0.4, -0.2) is 46.9 Å². The molecule has 2 heterocycles. The zero-order valence-electron chi connectivity index (χ0n) is 20.4. The fraction of sp³-hybridized carbons (Fsp3) is 0.179. The Balaban J connectivity index is 1.34. The Bertz CT molecular complexity index is 1480. The number of nitrogens with one attached hydrogen (secondary N) is 1. The SMILES string of the molecule is O=C(Nc1ccc(F)c(Cl)c1)N1CCN(c2cnn(-c3ccccc3)c(=O)c2OCc2ccccc2)CC1. The third-order valence-corrected chi connectivity index (χ3v) is 6.51. The average Bonchev–Trinajstić information content (AvgIpc) is 2.95. The van der Waals surface area contributed by atoms with E-state index >= 15 is 0 Å². The molecule has 0 radical (unpaired) electrons. The predicted octanol–water partition coefficient (Wildman–Crippen LogP) is 4.96. The Morgan fingerprint density at radius 2 is 1.66 bits per heavy atom. The van der Waals surface area contributed by atoms with Gasteiger partial charge in [-0.25, -0.2) is 9.18 Å². The van der Waals surface area contributed by atoms with Gasteiger partial charge in [0.05, 0.1) is 16.9 Å². The maximum atomic E-state index is 13.5. The van der Waals surface area contributed by atoms with E-state index in [1.807, 2.05) is 53.4 Å². The normalized spacial score (nSPS) is 13.3. The molecule has 1 aliphatic heterocycles. The molecule has 194 valence electrons. The summed E-state index contributed by atoms with van der Waals surface area (Å²) in [5.41, 5.74) is 2.19.